The van der Waals surface area contributed by atoms with Gasteiger partial charge in [0, 0.05) is 12.8 Å². The highest BCUT2D eigenvalue weighted by Gasteiger charge is 2.08. The van der Waals surface area contributed by atoms with Crippen LogP contribution in [-0.2, 0) is 19.1 Å². The number of hydrogen-bond donors (Lipinski definition) is 2. The van der Waals surface area contributed by atoms with Gasteiger partial charge in [-0.3, -0.25) is 9.59 Å². The maximum absolute atomic E-state index is 12.0. The normalized spacial score (nSPS) is 11.7. The van der Waals surface area contributed by atoms with Gasteiger partial charge in [-0.25, -0.2) is 0 Å². The van der Waals surface area contributed by atoms with E-state index < -0.39 is 6.10 Å². The van der Waals surface area contributed by atoms with Crippen LogP contribution >= 0.6 is 0 Å². The molecule has 0 fully saturated rings. The Morgan fingerprint density at radius 1 is 0.299 bits per heavy atom. The summed E-state index contributed by atoms with van der Waals surface area (Å²) in [5.74, 6) is -0.251. The molecule has 0 rings (SSSR count). The molecular formula is C61H122O6. The predicted octanol–water partition coefficient (Wildman–Crippen LogP) is 19.8. The van der Waals surface area contributed by atoms with Crippen molar-refractivity contribution in [3.63, 3.8) is 0 Å². The van der Waals surface area contributed by atoms with Gasteiger partial charge >= 0.3 is 11.9 Å². The number of ether oxygens (including phenoxy) is 2. The van der Waals surface area contributed by atoms with Crippen molar-refractivity contribution in [2.24, 2.45) is 0 Å². The number of aliphatic hydroxyl groups excluding tert-OH is 2. The highest BCUT2D eigenvalue weighted by atomic mass is 16.5. The monoisotopic (exact) mass is 951 g/mol. The van der Waals surface area contributed by atoms with Gasteiger partial charge in [0.1, 0.15) is 12.7 Å². The summed E-state index contributed by atoms with van der Waals surface area (Å²) >= 11 is 0. The molecule has 1 atom stereocenters. The van der Waals surface area contributed by atoms with E-state index >= 15 is 0 Å². The molecule has 0 aromatic carbocycles. The Morgan fingerprint density at radius 2 is 0.493 bits per heavy atom. The molecule has 0 spiro atoms. The fourth-order valence-electron chi connectivity index (χ4n) is 9.21. The molecule has 1 unspecified atom stereocenters. The first-order valence-electron chi connectivity index (χ1n) is 30.6. The van der Waals surface area contributed by atoms with E-state index in [2.05, 4.69) is 20.8 Å². The summed E-state index contributed by atoms with van der Waals surface area (Å²) in [4.78, 5) is 23.2. The Labute approximate surface area is 420 Å². The molecule has 0 amide bonds. The molecule has 6 heteroatoms. The van der Waals surface area contributed by atoms with E-state index in [1.807, 2.05) is 0 Å². The first kappa shape index (κ1) is 67.9. The van der Waals surface area contributed by atoms with Crippen LogP contribution in [0.15, 0.2) is 0 Å². The van der Waals surface area contributed by atoms with E-state index in [0.29, 0.717) is 19.4 Å². The Morgan fingerprint density at radius 3 is 0.716 bits per heavy atom. The molecule has 0 aliphatic heterocycles. The van der Waals surface area contributed by atoms with Crippen LogP contribution in [0.5, 0.6) is 0 Å². The van der Waals surface area contributed by atoms with Crippen molar-refractivity contribution in [3.8, 4) is 0 Å². The second kappa shape index (κ2) is 62.9. The van der Waals surface area contributed by atoms with E-state index in [9.17, 15) is 9.59 Å². The van der Waals surface area contributed by atoms with Crippen LogP contribution in [0.3, 0.4) is 0 Å². The van der Waals surface area contributed by atoms with E-state index in [1.54, 1.807) is 0 Å². The van der Waals surface area contributed by atoms with Gasteiger partial charge in [0.15, 0.2) is 0 Å². The Balaban J connectivity index is 0. The topological polar surface area (TPSA) is 93.1 Å². The summed E-state index contributed by atoms with van der Waals surface area (Å²) < 4.78 is 10.3. The van der Waals surface area contributed by atoms with E-state index in [-0.39, 0.29) is 25.2 Å². The Bertz CT molecular complexity index is 910. The zero-order chi connectivity index (χ0) is 49.0. The van der Waals surface area contributed by atoms with Crippen LogP contribution in [-0.4, -0.2) is 48.1 Å². The van der Waals surface area contributed by atoms with Gasteiger partial charge in [0.2, 0.25) is 0 Å². The molecule has 0 saturated carbocycles. The number of carbonyl (C=O) groups is 2. The minimum Gasteiger partial charge on any atom is -0.466 e. The smallest absolute Gasteiger partial charge is 0.305 e. The quantitative estimate of drug-likeness (QED) is 0.0466. The number of hydrogen-bond acceptors (Lipinski definition) is 6. The zero-order valence-electron chi connectivity index (χ0n) is 46.0. The average molecular weight is 952 g/mol. The van der Waals surface area contributed by atoms with Crippen LogP contribution in [0.1, 0.15) is 355 Å². The fraction of sp³-hybridized carbons (Fsp3) is 0.967. The van der Waals surface area contributed by atoms with Gasteiger partial charge in [-0.1, -0.05) is 323 Å². The van der Waals surface area contributed by atoms with Crippen molar-refractivity contribution >= 4 is 11.9 Å². The molecule has 0 bridgehead atoms. The minimum atomic E-state index is -0.952. The summed E-state index contributed by atoms with van der Waals surface area (Å²) in [5, 5.41) is 17.6. The lowest BCUT2D eigenvalue weighted by molar-refractivity contribution is -0.147. The number of rotatable bonds is 56. The third-order valence-corrected chi connectivity index (χ3v) is 13.9. The standard InChI is InChI=1S/C46H92O2.C15H30O4/c1-3-5-7-9-11-13-15-17-18-19-20-21-22-23-24-25-26-27-28-29-30-31-33-35-37-39-41-43-45-48-46(47)44-42-40-38-36-34-32-16-14-12-10-8-6-4-2;1-2-3-4-5-6-7-8-9-10-11-15(18)19-13-14(17)12-16/h3-45H2,1-2H3;14,16-17H,2-13H2,1H3. The predicted molar refractivity (Wildman–Crippen MR) is 292 cm³/mol. The molecule has 6 nitrogen and oxygen atoms in total. The maximum atomic E-state index is 12.0. The molecule has 0 heterocycles. The number of esters is 2. The van der Waals surface area contributed by atoms with E-state index in [1.165, 1.54) is 295 Å². The van der Waals surface area contributed by atoms with Crippen molar-refractivity contribution in [1.29, 1.82) is 0 Å². The SMILES string of the molecule is CCCCCCCCCCCC(=O)OCC(O)CO.CCCCCCCCCCCCCCCCCCCCCCCCCCCCCCOC(=O)CCCCCCCCCCCCCCC. The molecule has 0 aliphatic carbocycles. The molecule has 0 aromatic heterocycles. The fourth-order valence-corrected chi connectivity index (χ4v) is 9.21. The third-order valence-electron chi connectivity index (χ3n) is 13.9. The van der Waals surface area contributed by atoms with Crippen molar-refractivity contribution in [2.75, 3.05) is 19.8 Å². The summed E-state index contributed by atoms with van der Waals surface area (Å²) in [6, 6.07) is 0. The first-order chi connectivity index (χ1) is 33.0. The van der Waals surface area contributed by atoms with Crippen LogP contribution in [0.2, 0.25) is 0 Å². The largest absolute Gasteiger partial charge is 0.466 e. The van der Waals surface area contributed by atoms with Crippen molar-refractivity contribution in [3.05, 3.63) is 0 Å². The van der Waals surface area contributed by atoms with Gasteiger partial charge < -0.3 is 19.7 Å². The molecule has 67 heavy (non-hydrogen) atoms. The first-order valence-corrected chi connectivity index (χ1v) is 30.6. The van der Waals surface area contributed by atoms with Crippen molar-refractivity contribution in [2.45, 2.75) is 361 Å². The molecule has 402 valence electrons. The maximum Gasteiger partial charge on any atom is 0.305 e. The summed E-state index contributed by atoms with van der Waals surface area (Å²) in [5.41, 5.74) is 0. The van der Waals surface area contributed by atoms with Gasteiger partial charge in [-0.15, -0.1) is 0 Å². The summed E-state index contributed by atoms with van der Waals surface area (Å²) in [6.07, 6.45) is 68.4. The van der Waals surface area contributed by atoms with Crippen LogP contribution in [0.4, 0.5) is 0 Å². The highest BCUT2D eigenvalue weighted by Crippen LogP contribution is 2.18. The van der Waals surface area contributed by atoms with Gasteiger partial charge in [0.25, 0.3) is 0 Å². The number of unbranched alkanes of at least 4 members (excludes halogenated alkanes) is 47. The lowest BCUT2D eigenvalue weighted by Crippen LogP contribution is -2.21. The lowest BCUT2D eigenvalue weighted by Gasteiger charge is -2.08. The molecule has 0 saturated heterocycles. The molecule has 0 aliphatic rings. The summed E-state index contributed by atoms with van der Waals surface area (Å²) in [7, 11) is 0. The van der Waals surface area contributed by atoms with Gasteiger partial charge in [-0.2, -0.15) is 0 Å². The molecule has 0 aromatic rings. The van der Waals surface area contributed by atoms with E-state index in [0.717, 1.165) is 25.7 Å². The molecule has 0 radical (unpaired) electrons. The van der Waals surface area contributed by atoms with Crippen molar-refractivity contribution < 1.29 is 29.3 Å². The highest BCUT2D eigenvalue weighted by molar-refractivity contribution is 5.69. The second-order valence-electron chi connectivity index (χ2n) is 20.9. The average Bonchev–Trinajstić information content (AvgIpc) is 3.33. The van der Waals surface area contributed by atoms with Crippen LogP contribution < -0.4 is 0 Å². The van der Waals surface area contributed by atoms with Gasteiger partial charge in [-0.05, 0) is 19.3 Å². The van der Waals surface area contributed by atoms with E-state index in [4.69, 9.17) is 19.7 Å². The van der Waals surface area contributed by atoms with Crippen molar-refractivity contribution in [1.82, 2.24) is 0 Å². The second-order valence-corrected chi connectivity index (χ2v) is 20.9. The number of carbonyl (C=O) groups excluding carboxylic acids is 2. The lowest BCUT2D eigenvalue weighted by atomic mass is 10.0. The molecule has 2 N–H and O–H groups in total. The third kappa shape index (κ3) is 64.9. The van der Waals surface area contributed by atoms with Gasteiger partial charge in [0.05, 0.1) is 13.2 Å². The van der Waals surface area contributed by atoms with Crippen LogP contribution in [0.25, 0.3) is 0 Å². The Kier molecular flexibility index (Phi) is 63.8. The Hall–Kier alpha value is -1.14. The zero-order valence-corrected chi connectivity index (χ0v) is 46.0. The minimum absolute atomic E-state index is 0.0306. The number of aliphatic hydroxyl groups is 2. The van der Waals surface area contributed by atoms with Crippen LogP contribution in [0, 0.1) is 0 Å². The summed E-state index contributed by atoms with van der Waals surface area (Å²) in [6.45, 7) is 6.97. The molecular weight excluding hydrogens is 829 g/mol.